The first-order chi connectivity index (χ1) is 10.5. The fraction of sp³-hybridized carbons (Fsp3) is 0.529. The van der Waals surface area contributed by atoms with Crippen molar-refractivity contribution in [3.05, 3.63) is 29.3 Å². The summed E-state index contributed by atoms with van der Waals surface area (Å²) in [7, 11) is 0. The van der Waals surface area contributed by atoms with E-state index in [2.05, 4.69) is 10.6 Å². The number of carbonyl (C=O) groups excluding carboxylic acids is 2. The van der Waals surface area contributed by atoms with Gasteiger partial charge in [-0.2, -0.15) is 0 Å². The number of halogens is 1. The molecule has 4 unspecified atom stereocenters. The van der Waals surface area contributed by atoms with E-state index in [0.29, 0.717) is 16.6 Å². The molecule has 2 N–H and O–H groups in total. The van der Waals surface area contributed by atoms with E-state index in [9.17, 15) is 9.59 Å². The van der Waals surface area contributed by atoms with Crippen molar-refractivity contribution < 1.29 is 9.59 Å². The molecule has 118 valence electrons. The summed E-state index contributed by atoms with van der Waals surface area (Å²) < 4.78 is 0. The lowest BCUT2D eigenvalue weighted by atomic mass is 9.84. The van der Waals surface area contributed by atoms with Gasteiger partial charge in [0.2, 0.25) is 0 Å². The Morgan fingerprint density at radius 1 is 1.14 bits per heavy atom. The van der Waals surface area contributed by atoms with Crippen LogP contribution < -0.4 is 10.6 Å². The Bertz CT molecular complexity index is 573. The molecule has 0 aliphatic heterocycles. The van der Waals surface area contributed by atoms with Crippen LogP contribution in [-0.2, 0) is 9.59 Å². The number of fused-ring (bicyclic) bond motifs is 2. The van der Waals surface area contributed by atoms with Gasteiger partial charge < -0.3 is 10.6 Å². The molecule has 5 heteroatoms. The third-order valence-electron chi connectivity index (χ3n) is 5.10. The monoisotopic (exact) mass is 320 g/mol. The molecule has 4 nitrogen and oxygen atoms in total. The molecule has 4 atom stereocenters. The van der Waals surface area contributed by atoms with Crippen LogP contribution in [0.15, 0.2) is 24.3 Å². The first-order valence-corrected chi connectivity index (χ1v) is 8.28. The number of carbonyl (C=O) groups is 2. The molecule has 0 saturated heterocycles. The molecule has 2 aliphatic carbocycles. The molecule has 0 heterocycles. The molecule has 2 bridgehead atoms. The van der Waals surface area contributed by atoms with Crippen molar-refractivity contribution in [2.75, 3.05) is 5.32 Å². The van der Waals surface area contributed by atoms with Gasteiger partial charge >= 0.3 is 11.8 Å². The van der Waals surface area contributed by atoms with E-state index in [1.165, 1.54) is 25.7 Å². The molecule has 2 saturated carbocycles. The predicted octanol–water partition coefficient (Wildman–Crippen LogP) is 3.22. The van der Waals surface area contributed by atoms with Crippen LogP contribution in [0.25, 0.3) is 0 Å². The van der Waals surface area contributed by atoms with Crippen molar-refractivity contribution in [3.63, 3.8) is 0 Å². The second-order valence-electron chi connectivity index (χ2n) is 6.56. The Balaban J connectivity index is 1.52. The van der Waals surface area contributed by atoms with Gasteiger partial charge in [0.1, 0.15) is 0 Å². The lowest BCUT2D eigenvalue weighted by Crippen LogP contribution is -2.45. The zero-order chi connectivity index (χ0) is 15.7. The van der Waals surface area contributed by atoms with Gasteiger partial charge in [0.25, 0.3) is 0 Å². The number of amides is 2. The average Bonchev–Trinajstić information content (AvgIpc) is 3.12. The molecule has 0 aromatic heterocycles. The second kappa shape index (κ2) is 6.29. The number of hydrogen-bond acceptors (Lipinski definition) is 2. The van der Waals surface area contributed by atoms with Gasteiger partial charge in [0, 0.05) is 16.8 Å². The molecule has 3 rings (SSSR count). The molecule has 1 aromatic carbocycles. The molecule has 1 aromatic rings. The minimum Gasteiger partial charge on any atom is -0.345 e. The third-order valence-corrected chi connectivity index (χ3v) is 5.35. The molecule has 0 radical (unpaired) electrons. The van der Waals surface area contributed by atoms with E-state index in [1.54, 1.807) is 24.3 Å². The molecule has 22 heavy (non-hydrogen) atoms. The Labute approximate surface area is 135 Å². The fourth-order valence-corrected chi connectivity index (χ4v) is 4.13. The van der Waals surface area contributed by atoms with Gasteiger partial charge in [-0.25, -0.2) is 0 Å². The smallest absolute Gasteiger partial charge is 0.313 e. The Morgan fingerprint density at radius 2 is 1.86 bits per heavy atom. The summed E-state index contributed by atoms with van der Waals surface area (Å²) >= 11 is 5.79. The van der Waals surface area contributed by atoms with Crippen molar-refractivity contribution in [2.45, 2.75) is 38.6 Å². The Hall–Kier alpha value is -1.55. The van der Waals surface area contributed by atoms with Crippen LogP contribution in [0.1, 0.15) is 32.6 Å². The SMILES string of the molecule is CC(NC(=O)C(=O)Nc1ccc(Cl)cc1)C1CC2CCC1C2. The topological polar surface area (TPSA) is 58.2 Å². The number of nitrogens with one attached hydrogen (secondary N) is 2. The van der Waals surface area contributed by atoms with Crippen LogP contribution in [0.5, 0.6) is 0 Å². The van der Waals surface area contributed by atoms with Gasteiger partial charge in [0.05, 0.1) is 0 Å². The van der Waals surface area contributed by atoms with E-state index in [1.807, 2.05) is 6.92 Å². The van der Waals surface area contributed by atoms with Crippen LogP contribution in [0, 0.1) is 17.8 Å². The van der Waals surface area contributed by atoms with E-state index in [0.717, 1.165) is 11.8 Å². The minimum atomic E-state index is -0.627. The predicted molar refractivity (Wildman–Crippen MR) is 86.6 cm³/mol. The van der Waals surface area contributed by atoms with Gasteiger partial charge in [-0.05, 0) is 68.2 Å². The number of anilines is 1. The highest BCUT2D eigenvalue weighted by Gasteiger charge is 2.42. The molecule has 2 fully saturated rings. The van der Waals surface area contributed by atoms with Crippen LogP contribution in [0.4, 0.5) is 5.69 Å². The summed E-state index contributed by atoms with van der Waals surface area (Å²) in [5, 5.41) is 6.04. The second-order valence-corrected chi connectivity index (χ2v) is 7.00. The Morgan fingerprint density at radius 3 is 2.45 bits per heavy atom. The first-order valence-electron chi connectivity index (χ1n) is 7.90. The highest BCUT2D eigenvalue weighted by atomic mass is 35.5. The van der Waals surface area contributed by atoms with E-state index < -0.39 is 11.8 Å². The van der Waals surface area contributed by atoms with Crippen molar-refractivity contribution in [1.29, 1.82) is 0 Å². The van der Waals surface area contributed by atoms with Crippen molar-refractivity contribution in [3.8, 4) is 0 Å². The van der Waals surface area contributed by atoms with Crippen LogP contribution in [-0.4, -0.2) is 17.9 Å². The molecule has 2 aliphatic rings. The molecule has 2 amide bonds. The fourth-order valence-electron chi connectivity index (χ4n) is 4.01. The number of rotatable bonds is 3. The Kier molecular flexibility index (Phi) is 4.39. The van der Waals surface area contributed by atoms with E-state index >= 15 is 0 Å². The summed E-state index contributed by atoms with van der Waals surface area (Å²) in [5.74, 6) is 0.880. The number of hydrogen-bond donors (Lipinski definition) is 2. The molecule has 0 spiro atoms. The largest absolute Gasteiger partial charge is 0.345 e. The normalized spacial score (nSPS) is 27.5. The maximum atomic E-state index is 12.0. The van der Waals surface area contributed by atoms with Crippen molar-refractivity contribution in [1.82, 2.24) is 5.32 Å². The zero-order valence-electron chi connectivity index (χ0n) is 12.6. The van der Waals surface area contributed by atoms with E-state index in [-0.39, 0.29) is 6.04 Å². The standard InChI is InChI=1S/C17H21ClN2O2/c1-10(15-9-11-2-3-12(15)8-11)19-16(21)17(22)20-14-6-4-13(18)5-7-14/h4-7,10-12,15H,2-3,8-9H2,1H3,(H,19,21)(H,20,22). The first kappa shape index (κ1) is 15.3. The zero-order valence-corrected chi connectivity index (χ0v) is 13.4. The number of benzene rings is 1. The maximum Gasteiger partial charge on any atom is 0.313 e. The lowest BCUT2D eigenvalue weighted by Gasteiger charge is -2.28. The summed E-state index contributed by atoms with van der Waals surface area (Å²) in [6.45, 7) is 2.01. The maximum absolute atomic E-state index is 12.0. The van der Waals surface area contributed by atoms with E-state index in [4.69, 9.17) is 11.6 Å². The van der Waals surface area contributed by atoms with Gasteiger partial charge in [-0.3, -0.25) is 9.59 Å². The van der Waals surface area contributed by atoms with Crippen LogP contribution in [0.2, 0.25) is 5.02 Å². The molecular weight excluding hydrogens is 300 g/mol. The third kappa shape index (κ3) is 3.27. The van der Waals surface area contributed by atoms with Crippen LogP contribution in [0.3, 0.4) is 0 Å². The average molecular weight is 321 g/mol. The highest BCUT2D eigenvalue weighted by Crippen LogP contribution is 2.49. The summed E-state index contributed by atoms with van der Waals surface area (Å²) in [4.78, 5) is 24.0. The lowest BCUT2D eigenvalue weighted by molar-refractivity contribution is -0.136. The minimum absolute atomic E-state index is 0.0544. The van der Waals surface area contributed by atoms with Crippen LogP contribution >= 0.6 is 11.6 Å². The van der Waals surface area contributed by atoms with Crippen molar-refractivity contribution >= 4 is 29.1 Å². The summed E-state index contributed by atoms with van der Waals surface area (Å²) in [6, 6.07) is 6.75. The summed E-state index contributed by atoms with van der Waals surface area (Å²) in [5.41, 5.74) is 0.567. The quantitative estimate of drug-likeness (QED) is 0.840. The van der Waals surface area contributed by atoms with Gasteiger partial charge in [-0.1, -0.05) is 18.0 Å². The summed E-state index contributed by atoms with van der Waals surface area (Å²) in [6.07, 6.45) is 5.08. The molecular formula is C17H21ClN2O2. The highest BCUT2D eigenvalue weighted by molar-refractivity contribution is 6.39. The van der Waals surface area contributed by atoms with Gasteiger partial charge in [0.15, 0.2) is 0 Å². The van der Waals surface area contributed by atoms with Gasteiger partial charge in [-0.15, -0.1) is 0 Å². The van der Waals surface area contributed by atoms with Crippen molar-refractivity contribution in [2.24, 2.45) is 17.8 Å².